The van der Waals surface area contributed by atoms with E-state index in [0.717, 1.165) is 15.6 Å². The smallest absolute Gasteiger partial charge is 0.223 e. The monoisotopic (exact) mass is 510 g/mol. The number of carbonyl (C=O) groups is 1. The molecule has 1 amide bonds. The van der Waals surface area contributed by atoms with Gasteiger partial charge in [-0.05, 0) is 48.2 Å². The first-order valence-electron chi connectivity index (χ1n) is 10.0. The van der Waals surface area contributed by atoms with E-state index in [4.69, 9.17) is 9.47 Å². The van der Waals surface area contributed by atoms with Crippen molar-refractivity contribution in [1.82, 2.24) is 9.62 Å². The molecule has 1 heterocycles. The van der Waals surface area contributed by atoms with Gasteiger partial charge in [-0.15, -0.1) is 0 Å². The van der Waals surface area contributed by atoms with Crippen LogP contribution in [0.2, 0.25) is 0 Å². The Morgan fingerprint density at radius 1 is 1.06 bits per heavy atom. The highest BCUT2D eigenvalue weighted by atomic mass is 79.9. The summed E-state index contributed by atoms with van der Waals surface area (Å²) in [6.45, 7) is 1.08. The molecule has 3 rings (SSSR count). The van der Waals surface area contributed by atoms with Crippen molar-refractivity contribution in [2.75, 3.05) is 27.3 Å². The van der Waals surface area contributed by atoms with Gasteiger partial charge in [0.25, 0.3) is 0 Å². The van der Waals surface area contributed by atoms with Crippen LogP contribution in [-0.2, 0) is 27.1 Å². The predicted octanol–water partition coefficient (Wildman–Crippen LogP) is 3.32. The van der Waals surface area contributed by atoms with Crippen molar-refractivity contribution in [3.63, 3.8) is 0 Å². The van der Waals surface area contributed by atoms with E-state index in [1.54, 1.807) is 26.4 Å². The molecule has 2 aromatic rings. The summed E-state index contributed by atoms with van der Waals surface area (Å²) in [6, 6.07) is 12.8. The number of hydrogen-bond donors (Lipinski definition) is 1. The maximum absolute atomic E-state index is 12.8. The van der Waals surface area contributed by atoms with Gasteiger partial charge >= 0.3 is 0 Å². The average molecular weight is 511 g/mol. The van der Waals surface area contributed by atoms with Gasteiger partial charge in [-0.2, -0.15) is 0 Å². The SMILES string of the molecule is COc1ccc(CNC(=O)C2CCN(S(=O)(=O)Cc3cccc(Br)c3)CC2)cc1OC. The molecule has 0 unspecified atom stereocenters. The summed E-state index contributed by atoms with van der Waals surface area (Å²) in [5.74, 6) is 0.950. The van der Waals surface area contributed by atoms with Crippen LogP contribution in [0.5, 0.6) is 11.5 Å². The zero-order chi connectivity index (χ0) is 22.4. The first-order chi connectivity index (χ1) is 14.8. The zero-order valence-corrected chi connectivity index (χ0v) is 20.0. The molecule has 7 nitrogen and oxygen atoms in total. The molecular weight excluding hydrogens is 484 g/mol. The van der Waals surface area contributed by atoms with Gasteiger partial charge in [0, 0.05) is 30.0 Å². The summed E-state index contributed by atoms with van der Waals surface area (Å²) in [7, 11) is -0.275. The Kier molecular flexibility index (Phi) is 7.96. The number of hydrogen-bond acceptors (Lipinski definition) is 5. The summed E-state index contributed by atoms with van der Waals surface area (Å²) in [5.41, 5.74) is 1.64. The molecule has 1 aliphatic rings. The minimum atomic E-state index is -3.42. The number of ether oxygens (including phenoxy) is 2. The molecule has 0 bridgehead atoms. The van der Waals surface area contributed by atoms with Crippen molar-refractivity contribution < 1.29 is 22.7 Å². The van der Waals surface area contributed by atoms with Crippen molar-refractivity contribution in [2.24, 2.45) is 5.92 Å². The molecule has 9 heteroatoms. The first kappa shape index (κ1) is 23.6. The summed E-state index contributed by atoms with van der Waals surface area (Å²) < 4.78 is 38.4. The highest BCUT2D eigenvalue weighted by Crippen LogP contribution is 2.28. The number of carbonyl (C=O) groups excluding carboxylic acids is 1. The zero-order valence-electron chi connectivity index (χ0n) is 17.6. The maximum Gasteiger partial charge on any atom is 0.223 e. The molecule has 0 aliphatic carbocycles. The Balaban J connectivity index is 1.51. The van der Waals surface area contributed by atoms with Gasteiger partial charge in [0.1, 0.15) is 0 Å². The Bertz CT molecular complexity index is 1020. The lowest BCUT2D eigenvalue weighted by molar-refractivity contribution is -0.126. The third-order valence-electron chi connectivity index (χ3n) is 5.37. The van der Waals surface area contributed by atoms with E-state index in [9.17, 15) is 13.2 Å². The van der Waals surface area contributed by atoms with E-state index in [-0.39, 0.29) is 17.6 Å². The molecule has 0 atom stereocenters. The van der Waals surface area contributed by atoms with Crippen molar-refractivity contribution in [3.8, 4) is 11.5 Å². The number of halogens is 1. The number of amides is 1. The molecule has 2 aromatic carbocycles. The third-order valence-corrected chi connectivity index (χ3v) is 7.71. The second-order valence-electron chi connectivity index (χ2n) is 7.47. The molecule has 0 radical (unpaired) electrons. The van der Waals surface area contributed by atoms with E-state index in [1.165, 1.54) is 4.31 Å². The standard InChI is InChI=1S/C22H27BrN2O5S/c1-29-20-7-6-16(13-21(20)30-2)14-24-22(26)18-8-10-25(11-9-18)31(27,28)15-17-4-3-5-19(23)12-17/h3-7,12-13,18H,8-11,14-15H2,1-2H3,(H,24,26). The van der Waals surface area contributed by atoms with Gasteiger partial charge < -0.3 is 14.8 Å². The summed E-state index contributed by atoms with van der Waals surface area (Å²) in [6.07, 6.45) is 1.02. The van der Waals surface area contributed by atoms with Crippen LogP contribution in [0.4, 0.5) is 0 Å². The van der Waals surface area contributed by atoms with Crippen LogP contribution < -0.4 is 14.8 Å². The molecular formula is C22H27BrN2O5S. The quantitative estimate of drug-likeness (QED) is 0.588. The van der Waals surface area contributed by atoms with Gasteiger partial charge in [-0.1, -0.05) is 34.1 Å². The number of nitrogens with one attached hydrogen (secondary N) is 1. The molecule has 0 saturated carbocycles. The number of methoxy groups -OCH3 is 2. The van der Waals surface area contributed by atoms with Crippen molar-refractivity contribution in [3.05, 3.63) is 58.1 Å². The summed E-state index contributed by atoms with van der Waals surface area (Å²) in [5, 5.41) is 2.95. The fourth-order valence-electron chi connectivity index (χ4n) is 3.65. The van der Waals surface area contributed by atoms with E-state index < -0.39 is 10.0 Å². The van der Waals surface area contributed by atoms with Crippen LogP contribution in [0.3, 0.4) is 0 Å². The van der Waals surface area contributed by atoms with E-state index in [2.05, 4.69) is 21.2 Å². The Labute approximate surface area is 191 Å². The Hall–Kier alpha value is -2.10. The molecule has 1 aliphatic heterocycles. The van der Waals surface area contributed by atoms with Crippen molar-refractivity contribution in [1.29, 1.82) is 0 Å². The van der Waals surface area contributed by atoms with E-state index in [0.29, 0.717) is 44.0 Å². The normalized spacial score (nSPS) is 15.5. The Morgan fingerprint density at radius 2 is 1.77 bits per heavy atom. The van der Waals surface area contributed by atoms with Crippen LogP contribution in [-0.4, -0.2) is 45.9 Å². The molecule has 1 fully saturated rings. The molecule has 1 saturated heterocycles. The maximum atomic E-state index is 12.8. The molecule has 0 spiro atoms. The van der Waals surface area contributed by atoms with Gasteiger partial charge in [0.05, 0.1) is 20.0 Å². The van der Waals surface area contributed by atoms with Crippen molar-refractivity contribution in [2.45, 2.75) is 25.1 Å². The number of nitrogens with zero attached hydrogens (tertiary/aromatic N) is 1. The summed E-state index contributed by atoms with van der Waals surface area (Å²) >= 11 is 3.37. The minimum Gasteiger partial charge on any atom is -0.493 e. The fourth-order valence-corrected chi connectivity index (χ4v) is 5.65. The number of rotatable bonds is 8. The lowest BCUT2D eigenvalue weighted by atomic mass is 9.97. The molecule has 0 aromatic heterocycles. The largest absolute Gasteiger partial charge is 0.493 e. The second kappa shape index (κ2) is 10.5. The van der Waals surface area contributed by atoms with E-state index in [1.807, 2.05) is 30.3 Å². The number of benzene rings is 2. The highest BCUT2D eigenvalue weighted by Gasteiger charge is 2.31. The van der Waals surface area contributed by atoms with Gasteiger partial charge in [-0.25, -0.2) is 12.7 Å². The van der Waals surface area contributed by atoms with Gasteiger partial charge in [0.2, 0.25) is 15.9 Å². The number of sulfonamides is 1. The van der Waals surface area contributed by atoms with Crippen LogP contribution >= 0.6 is 15.9 Å². The molecule has 1 N–H and O–H groups in total. The first-order valence-corrected chi connectivity index (χ1v) is 12.4. The predicted molar refractivity (Wildman–Crippen MR) is 122 cm³/mol. The van der Waals surface area contributed by atoms with Crippen molar-refractivity contribution >= 4 is 31.9 Å². The van der Waals surface area contributed by atoms with Crippen LogP contribution in [0.15, 0.2) is 46.9 Å². The van der Waals surface area contributed by atoms with E-state index >= 15 is 0 Å². The molecule has 31 heavy (non-hydrogen) atoms. The topological polar surface area (TPSA) is 84.9 Å². The average Bonchev–Trinajstić information content (AvgIpc) is 2.77. The lowest BCUT2D eigenvalue weighted by Gasteiger charge is -2.30. The third kappa shape index (κ3) is 6.21. The van der Waals surface area contributed by atoms with Gasteiger partial charge in [-0.3, -0.25) is 4.79 Å². The van der Waals surface area contributed by atoms with Crippen LogP contribution in [0, 0.1) is 5.92 Å². The lowest BCUT2D eigenvalue weighted by Crippen LogP contribution is -2.43. The van der Waals surface area contributed by atoms with Crippen LogP contribution in [0.25, 0.3) is 0 Å². The van der Waals surface area contributed by atoms with Gasteiger partial charge in [0.15, 0.2) is 11.5 Å². The second-order valence-corrected chi connectivity index (χ2v) is 10.4. The minimum absolute atomic E-state index is 0.0391. The molecule has 168 valence electrons. The number of piperidine rings is 1. The Morgan fingerprint density at radius 3 is 2.42 bits per heavy atom. The summed E-state index contributed by atoms with van der Waals surface area (Å²) in [4.78, 5) is 12.6. The fraction of sp³-hybridized carbons (Fsp3) is 0.409. The van der Waals surface area contributed by atoms with Crippen LogP contribution in [0.1, 0.15) is 24.0 Å². The highest BCUT2D eigenvalue weighted by molar-refractivity contribution is 9.10.